The maximum atomic E-state index is 12.4. The van der Waals surface area contributed by atoms with Crippen molar-refractivity contribution < 1.29 is 13.2 Å². The lowest BCUT2D eigenvalue weighted by molar-refractivity contribution is -0.116. The number of rotatable bonds is 5. The van der Waals surface area contributed by atoms with Crippen LogP contribution >= 0.6 is 11.6 Å². The first-order valence-electron chi connectivity index (χ1n) is 6.85. The summed E-state index contributed by atoms with van der Waals surface area (Å²) in [5.74, 6) is -0.475. The Labute approximate surface area is 145 Å². The fourth-order valence-corrected chi connectivity index (χ4v) is 3.16. The van der Waals surface area contributed by atoms with Crippen molar-refractivity contribution in [1.82, 2.24) is 4.31 Å². The van der Waals surface area contributed by atoms with Crippen LogP contribution in [0.3, 0.4) is 0 Å². The molecule has 1 N–H and O–H groups in total. The largest absolute Gasteiger partial charge is 0.325 e. The van der Waals surface area contributed by atoms with Gasteiger partial charge in [-0.2, -0.15) is 9.57 Å². The van der Waals surface area contributed by atoms with Gasteiger partial charge in [0.15, 0.2) is 0 Å². The van der Waals surface area contributed by atoms with Gasteiger partial charge in [-0.05, 0) is 48.5 Å². The second-order valence-corrected chi connectivity index (χ2v) is 7.43. The number of benzene rings is 2. The summed E-state index contributed by atoms with van der Waals surface area (Å²) in [6, 6.07) is 13.9. The first-order valence-corrected chi connectivity index (χ1v) is 8.66. The highest BCUT2D eigenvalue weighted by atomic mass is 35.5. The van der Waals surface area contributed by atoms with E-state index in [2.05, 4.69) is 5.32 Å². The lowest BCUT2D eigenvalue weighted by atomic mass is 10.2. The van der Waals surface area contributed by atoms with Crippen LogP contribution in [-0.2, 0) is 14.8 Å². The maximum Gasteiger partial charge on any atom is 0.243 e. The van der Waals surface area contributed by atoms with E-state index < -0.39 is 15.9 Å². The minimum atomic E-state index is -3.82. The van der Waals surface area contributed by atoms with Gasteiger partial charge >= 0.3 is 0 Å². The number of amides is 1. The molecule has 0 unspecified atom stereocenters. The molecule has 0 saturated carbocycles. The van der Waals surface area contributed by atoms with E-state index in [1.165, 1.54) is 31.3 Å². The molecule has 0 spiro atoms. The van der Waals surface area contributed by atoms with Crippen molar-refractivity contribution in [3.8, 4) is 6.07 Å². The number of nitrogens with zero attached hydrogens (tertiary/aromatic N) is 2. The lowest BCUT2D eigenvalue weighted by Gasteiger charge is -2.17. The molecule has 2 aromatic rings. The topological polar surface area (TPSA) is 90.3 Å². The molecular weight excluding hydrogens is 350 g/mol. The molecular formula is C16H14ClN3O3S. The number of likely N-dealkylation sites (N-methyl/N-ethyl adjacent to an activating group) is 1. The van der Waals surface area contributed by atoms with Gasteiger partial charge < -0.3 is 5.32 Å². The lowest BCUT2D eigenvalue weighted by Crippen LogP contribution is -2.34. The van der Waals surface area contributed by atoms with Gasteiger partial charge in [-0.1, -0.05) is 11.6 Å². The molecule has 124 valence electrons. The van der Waals surface area contributed by atoms with E-state index >= 15 is 0 Å². The molecule has 8 heteroatoms. The second-order valence-electron chi connectivity index (χ2n) is 4.95. The van der Waals surface area contributed by atoms with Gasteiger partial charge in [0.25, 0.3) is 0 Å². The summed E-state index contributed by atoms with van der Waals surface area (Å²) in [6.07, 6.45) is 0. The molecule has 0 saturated heterocycles. The predicted octanol–water partition coefficient (Wildman–Crippen LogP) is 2.47. The summed E-state index contributed by atoms with van der Waals surface area (Å²) in [7, 11) is -2.50. The Hall–Kier alpha value is -2.40. The van der Waals surface area contributed by atoms with E-state index in [-0.39, 0.29) is 11.4 Å². The second kappa shape index (κ2) is 7.45. The highest BCUT2D eigenvalue weighted by molar-refractivity contribution is 7.89. The molecule has 0 heterocycles. The Morgan fingerprint density at radius 3 is 2.29 bits per heavy atom. The van der Waals surface area contributed by atoms with Crippen molar-refractivity contribution in [3.05, 3.63) is 59.1 Å². The summed E-state index contributed by atoms with van der Waals surface area (Å²) in [6.45, 7) is -0.342. The van der Waals surface area contributed by atoms with E-state index in [4.69, 9.17) is 16.9 Å². The van der Waals surface area contributed by atoms with Gasteiger partial charge in [-0.15, -0.1) is 0 Å². The van der Waals surface area contributed by atoms with Crippen molar-refractivity contribution in [2.75, 3.05) is 18.9 Å². The molecule has 0 aliphatic heterocycles. The number of halogens is 1. The van der Waals surface area contributed by atoms with Crippen molar-refractivity contribution >= 4 is 33.2 Å². The number of nitrogens with one attached hydrogen (secondary N) is 1. The average Bonchev–Trinajstić information content (AvgIpc) is 2.57. The Balaban J connectivity index is 2.06. The molecule has 2 aromatic carbocycles. The van der Waals surface area contributed by atoms with E-state index in [9.17, 15) is 13.2 Å². The fourth-order valence-electron chi connectivity index (χ4n) is 1.90. The first kappa shape index (κ1) is 17.9. The third kappa shape index (κ3) is 4.32. The molecule has 1 amide bonds. The summed E-state index contributed by atoms with van der Waals surface area (Å²) in [5.41, 5.74) is 0.880. The highest BCUT2D eigenvalue weighted by Gasteiger charge is 2.22. The zero-order valence-electron chi connectivity index (χ0n) is 12.7. The molecule has 2 rings (SSSR count). The maximum absolute atomic E-state index is 12.4. The van der Waals surface area contributed by atoms with Crippen LogP contribution in [0, 0.1) is 11.3 Å². The predicted molar refractivity (Wildman–Crippen MR) is 91.1 cm³/mol. The summed E-state index contributed by atoms with van der Waals surface area (Å²) in [5, 5.41) is 11.9. The van der Waals surface area contributed by atoms with Crippen LogP contribution in [0.2, 0.25) is 5.02 Å². The molecule has 0 aromatic heterocycles. The SMILES string of the molecule is CN(CC(=O)Nc1ccc(Cl)cc1)S(=O)(=O)c1ccc(C#N)cc1. The quantitative estimate of drug-likeness (QED) is 0.883. The molecule has 0 aliphatic rings. The number of hydrogen-bond acceptors (Lipinski definition) is 4. The highest BCUT2D eigenvalue weighted by Crippen LogP contribution is 2.16. The summed E-state index contributed by atoms with van der Waals surface area (Å²) < 4.78 is 25.8. The number of anilines is 1. The third-order valence-corrected chi connectivity index (χ3v) is 5.26. The smallest absolute Gasteiger partial charge is 0.243 e. The Morgan fingerprint density at radius 1 is 1.17 bits per heavy atom. The number of nitriles is 1. The summed E-state index contributed by atoms with van der Waals surface area (Å²) in [4.78, 5) is 12.0. The van der Waals surface area contributed by atoms with Crippen molar-refractivity contribution in [3.63, 3.8) is 0 Å². The van der Waals surface area contributed by atoms with Crippen molar-refractivity contribution in [2.45, 2.75) is 4.90 Å². The zero-order chi connectivity index (χ0) is 17.7. The van der Waals surface area contributed by atoms with Crippen LogP contribution in [0.25, 0.3) is 0 Å². The van der Waals surface area contributed by atoms with Gasteiger partial charge in [0, 0.05) is 17.8 Å². The van der Waals surface area contributed by atoms with Crippen LogP contribution in [0.5, 0.6) is 0 Å². The van der Waals surface area contributed by atoms with E-state index in [1.807, 2.05) is 6.07 Å². The van der Waals surface area contributed by atoms with Crippen molar-refractivity contribution in [1.29, 1.82) is 5.26 Å². The Kier molecular flexibility index (Phi) is 5.57. The van der Waals surface area contributed by atoms with Crippen LogP contribution in [0.1, 0.15) is 5.56 Å². The average molecular weight is 364 g/mol. The molecule has 0 aliphatic carbocycles. The minimum absolute atomic E-state index is 0.0169. The van der Waals surface area contributed by atoms with Gasteiger partial charge in [0.2, 0.25) is 15.9 Å². The minimum Gasteiger partial charge on any atom is -0.325 e. The molecule has 0 radical (unpaired) electrons. The van der Waals surface area contributed by atoms with Gasteiger partial charge in [-0.25, -0.2) is 8.42 Å². The van der Waals surface area contributed by atoms with E-state index in [0.717, 1.165) is 4.31 Å². The number of carbonyl (C=O) groups excluding carboxylic acids is 1. The van der Waals surface area contributed by atoms with E-state index in [1.54, 1.807) is 24.3 Å². The van der Waals surface area contributed by atoms with Crippen molar-refractivity contribution in [2.24, 2.45) is 0 Å². The van der Waals surface area contributed by atoms with Gasteiger partial charge in [0.05, 0.1) is 23.1 Å². The molecule has 0 fully saturated rings. The normalized spacial score (nSPS) is 11.1. The monoisotopic (exact) mass is 363 g/mol. The standard InChI is InChI=1S/C16H14ClN3O3S/c1-20(11-16(21)19-14-6-4-13(17)5-7-14)24(22,23)15-8-2-12(10-18)3-9-15/h2-9H,11H2,1H3,(H,19,21). The Morgan fingerprint density at radius 2 is 1.75 bits per heavy atom. The fraction of sp³-hybridized carbons (Fsp3) is 0.125. The first-order chi connectivity index (χ1) is 11.3. The third-order valence-electron chi connectivity index (χ3n) is 3.19. The number of hydrogen-bond donors (Lipinski definition) is 1. The molecule has 0 atom stereocenters. The van der Waals surface area contributed by atoms with Crippen LogP contribution in [-0.4, -0.2) is 32.2 Å². The van der Waals surface area contributed by atoms with Crippen LogP contribution in [0.4, 0.5) is 5.69 Å². The summed E-state index contributed by atoms with van der Waals surface area (Å²) >= 11 is 5.76. The molecule has 0 bridgehead atoms. The van der Waals surface area contributed by atoms with E-state index in [0.29, 0.717) is 16.3 Å². The van der Waals surface area contributed by atoms with Crippen LogP contribution < -0.4 is 5.32 Å². The molecule has 6 nitrogen and oxygen atoms in total. The van der Waals surface area contributed by atoms with Gasteiger partial charge in [-0.3, -0.25) is 4.79 Å². The zero-order valence-corrected chi connectivity index (χ0v) is 14.3. The van der Waals surface area contributed by atoms with Crippen LogP contribution in [0.15, 0.2) is 53.4 Å². The van der Waals surface area contributed by atoms with Gasteiger partial charge in [0.1, 0.15) is 0 Å². The molecule has 24 heavy (non-hydrogen) atoms. The number of sulfonamides is 1. The number of carbonyl (C=O) groups is 1. The Bertz CT molecular complexity index is 872.